The Bertz CT molecular complexity index is 1040. The number of carbonyl (C=O) groups is 1. The molecule has 8 nitrogen and oxygen atoms in total. The Morgan fingerprint density at radius 2 is 2.15 bits per heavy atom. The first-order chi connectivity index (χ1) is 12.5. The van der Waals surface area contributed by atoms with E-state index in [0.717, 1.165) is 6.07 Å². The van der Waals surface area contributed by atoms with Crippen molar-refractivity contribution in [3.8, 4) is 11.8 Å². The quantitative estimate of drug-likeness (QED) is 0.421. The number of nitrogens with two attached hydrogens (primary N) is 1. The molecule has 0 fully saturated rings. The summed E-state index contributed by atoms with van der Waals surface area (Å²) in [6, 6.07) is 9.29. The van der Waals surface area contributed by atoms with Gasteiger partial charge in [-0.15, -0.1) is 0 Å². The van der Waals surface area contributed by atoms with Crippen LogP contribution in [0.2, 0.25) is 0 Å². The van der Waals surface area contributed by atoms with Gasteiger partial charge in [0.15, 0.2) is 5.69 Å². The van der Waals surface area contributed by atoms with Crippen LogP contribution in [0, 0.1) is 16.7 Å². The number of nitrogens with one attached hydrogen (secondary N) is 2. The Morgan fingerprint density at radius 1 is 1.35 bits per heavy atom. The molecule has 0 aliphatic heterocycles. The first-order valence-electron chi connectivity index (χ1n) is 7.41. The lowest BCUT2D eigenvalue weighted by Crippen LogP contribution is -2.15. The molecule has 5 N–H and O–H groups in total. The molecule has 1 amide bonds. The zero-order chi connectivity index (χ0) is 18.7. The number of hydrogen-bond donors (Lipinski definition) is 4. The molecule has 0 radical (unpaired) electrons. The zero-order valence-corrected chi connectivity index (χ0v) is 13.4. The molecule has 1 aromatic carbocycles. The normalized spacial score (nSPS) is 10.1. The number of nitrogens with zero attached hydrogens (tertiary/aromatic N) is 2. The number of furan rings is 1. The summed E-state index contributed by atoms with van der Waals surface area (Å²) in [6.07, 6.45) is 4.06. The van der Waals surface area contributed by atoms with E-state index in [1.165, 1.54) is 18.7 Å². The van der Waals surface area contributed by atoms with Gasteiger partial charge < -0.3 is 20.6 Å². The number of nitriles is 1. The van der Waals surface area contributed by atoms with Gasteiger partial charge >= 0.3 is 0 Å². The molecule has 0 bridgehead atoms. The topological polar surface area (TPSA) is 149 Å². The van der Waals surface area contributed by atoms with Crippen molar-refractivity contribution in [2.24, 2.45) is 0 Å². The third-order valence-electron chi connectivity index (χ3n) is 3.60. The number of aromatic nitrogens is 1. The van der Waals surface area contributed by atoms with E-state index >= 15 is 0 Å². The van der Waals surface area contributed by atoms with Crippen molar-refractivity contribution < 1.29 is 14.3 Å². The molecule has 2 aromatic heterocycles. The fourth-order valence-corrected chi connectivity index (χ4v) is 2.29. The van der Waals surface area contributed by atoms with E-state index in [-0.39, 0.29) is 17.0 Å². The number of amides is 1. The number of anilines is 2. The van der Waals surface area contributed by atoms with E-state index in [1.807, 2.05) is 6.07 Å². The highest BCUT2D eigenvalue weighted by Crippen LogP contribution is 2.23. The second kappa shape index (κ2) is 6.78. The van der Waals surface area contributed by atoms with Crippen molar-refractivity contribution in [1.82, 2.24) is 4.98 Å². The van der Waals surface area contributed by atoms with Crippen LogP contribution in [0.1, 0.15) is 27.2 Å². The van der Waals surface area contributed by atoms with Gasteiger partial charge in [-0.05, 0) is 24.3 Å². The Balaban J connectivity index is 1.87. The minimum atomic E-state index is -0.655. The highest BCUT2D eigenvalue weighted by atomic mass is 16.3. The Labute approximate surface area is 148 Å². The number of aromatic hydroxyl groups is 1. The first-order valence-corrected chi connectivity index (χ1v) is 7.41. The van der Waals surface area contributed by atoms with Crippen molar-refractivity contribution in [1.29, 1.82) is 10.7 Å². The maximum Gasteiger partial charge on any atom is 0.278 e. The molecule has 3 rings (SSSR count). The molecule has 0 saturated carbocycles. The first kappa shape index (κ1) is 16.7. The molecule has 0 atom stereocenters. The van der Waals surface area contributed by atoms with Crippen LogP contribution in [0.15, 0.2) is 53.5 Å². The van der Waals surface area contributed by atoms with Gasteiger partial charge in [0, 0.05) is 34.8 Å². The number of carbonyl (C=O) groups excluding carboxylic acids is 1. The molecule has 2 heterocycles. The van der Waals surface area contributed by atoms with Crippen LogP contribution < -0.4 is 11.1 Å². The molecule has 0 aliphatic rings. The summed E-state index contributed by atoms with van der Waals surface area (Å²) >= 11 is 0. The average molecular weight is 347 g/mol. The van der Waals surface area contributed by atoms with Crippen LogP contribution in [-0.2, 0) is 0 Å². The smallest absolute Gasteiger partial charge is 0.278 e. The molecular formula is C18H13N5O3. The lowest BCUT2D eigenvalue weighted by atomic mass is 10.0. The molecule has 0 spiro atoms. The molecule has 0 saturated heterocycles. The Hall–Kier alpha value is -4.12. The average Bonchev–Trinajstić information content (AvgIpc) is 3.17. The number of rotatable bonds is 4. The highest BCUT2D eigenvalue weighted by Gasteiger charge is 2.16. The minimum Gasteiger partial charge on any atom is -0.505 e. The maximum absolute atomic E-state index is 12.3. The lowest BCUT2D eigenvalue weighted by molar-refractivity contribution is 0.101. The van der Waals surface area contributed by atoms with Crippen LogP contribution in [0.3, 0.4) is 0 Å². The van der Waals surface area contributed by atoms with Gasteiger partial charge in [-0.25, -0.2) is 4.98 Å². The van der Waals surface area contributed by atoms with E-state index in [0.29, 0.717) is 22.5 Å². The molecule has 3 aromatic rings. The third-order valence-corrected chi connectivity index (χ3v) is 3.60. The van der Waals surface area contributed by atoms with Crippen molar-refractivity contribution in [2.45, 2.75) is 0 Å². The number of nitrogen functional groups attached to an aromatic ring is 1. The highest BCUT2D eigenvalue weighted by molar-refractivity contribution is 6.14. The second-order valence-electron chi connectivity index (χ2n) is 5.35. The summed E-state index contributed by atoms with van der Waals surface area (Å²) in [5.74, 6) is -1.05. The summed E-state index contributed by atoms with van der Waals surface area (Å²) in [6.45, 7) is 0. The van der Waals surface area contributed by atoms with E-state index in [9.17, 15) is 9.90 Å². The Kier molecular flexibility index (Phi) is 4.36. The van der Waals surface area contributed by atoms with Crippen molar-refractivity contribution in [2.75, 3.05) is 11.1 Å². The minimum absolute atomic E-state index is 0.141. The Morgan fingerprint density at radius 3 is 2.81 bits per heavy atom. The summed E-state index contributed by atoms with van der Waals surface area (Å²) in [4.78, 5) is 16.1. The lowest BCUT2D eigenvalue weighted by Gasteiger charge is -2.10. The van der Waals surface area contributed by atoms with E-state index in [2.05, 4.69) is 10.3 Å². The van der Waals surface area contributed by atoms with Gasteiger partial charge in [-0.3, -0.25) is 10.2 Å². The van der Waals surface area contributed by atoms with Crippen LogP contribution in [0.5, 0.6) is 5.75 Å². The van der Waals surface area contributed by atoms with Crippen LogP contribution in [-0.4, -0.2) is 21.7 Å². The number of hydrogen-bond acceptors (Lipinski definition) is 7. The van der Waals surface area contributed by atoms with Gasteiger partial charge in [0.1, 0.15) is 11.8 Å². The van der Waals surface area contributed by atoms with Gasteiger partial charge in [0.2, 0.25) is 0 Å². The zero-order valence-electron chi connectivity index (χ0n) is 13.4. The standard InChI is InChI=1S/C18H13N5O3/c19-7-10-5-15(24)17(22-8-10)18(25)23-12-1-2-14(20)13(6-12)16(21)11-3-4-26-9-11/h1-6,8-9,21,24H,20H2,(H,23,25). The molecule has 0 aliphatic carbocycles. The third kappa shape index (κ3) is 3.22. The monoisotopic (exact) mass is 347 g/mol. The van der Waals surface area contributed by atoms with E-state index in [4.69, 9.17) is 20.8 Å². The van der Waals surface area contributed by atoms with Gasteiger partial charge in [-0.1, -0.05) is 0 Å². The molecule has 0 unspecified atom stereocenters. The van der Waals surface area contributed by atoms with Gasteiger partial charge in [-0.2, -0.15) is 5.26 Å². The van der Waals surface area contributed by atoms with Crippen LogP contribution >= 0.6 is 0 Å². The molecule has 128 valence electrons. The maximum atomic E-state index is 12.3. The van der Waals surface area contributed by atoms with E-state index < -0.39 is 11.7 Å². The van der Waals surface area contributed by atoms with E-state index in [1.54, 1.807) is 24.3 Å². The van der Waals surface area contributed by atoms with Crippen molar-refractivity contribution >= 4 is 23.0 Å². The molecule has 8 heteroatoms. The SMILES string of the molecule is N#Cc1cnc(C(=O)Nc2ccc(N)c(C(=N)c3ccoc3)c2)c(O)c1. The number of benzene rings is 1. The molecular weight excluding hydrogens is 334 g/mol. The van der Waals surface area contributed by atoms with Crippen molar-refractivity contribution in [3.05, 3.63) is 71.4 Å². The fraction of sp³-hybridized carbons (Fsp3) is 0. The summed E-state index contributed by atoms with van der Waals surface area (Å²) in [5, 5.41) is 29.4. The fourth-order valence-electron chi connectivity index (χ4n) is 2.29. The van der Waals surface area contributed by atoms with Gasteiger partial charge in [0.25, 0.3) is 5.91 Å². The molecule has 26 heavy (non-hydrogen) atoms. The number of pyridine rings is 1. The van der Waals surface area contributed by atoms with Crippen LogP contribution in [0.4, 0.5) is 11.4 Å². The predicted octanol–water partition coefficient (Wildman–Crippen LogP) is 2.50. The summed E-state index contributed by atoms with van der Waals surface area (Å²) in [5.41, 5.74) is 7.71. The van der Waals surface area contributed by atoms with Gasteiger partial charge in [0.05, 0.1) is 23.8 Å². The van der Waals surface area contributed by atoms with Crippen molar-refractivity contribution in [3.63, 3.8) is 0 Å². The largest absolute Gasteiger partial charge is 0.505 e. The van der Waals surface area contributed by atoms with Crippen LogP contribution in [0.25, 0.3) is 0 Å². The summed E-state index contributed by atoms with van der Waals surface area (Å²) in [7, 11) is 0. The second-order valence-corrected chi connectivity index (χ2v) is 5.35. The summed E-state index contributed by atoms with van der Waals surface area (Å²) < 4.78 is 4.97. The predicted molar refractivity (Wildman–Crippen MR) is 94.1 cm³/mol.